The molecule has 310 valence electrons. The second kappa shape index (κ2) is 21.2. The number of benzene rings is 3. The van der Waals surface area contributed by atoms with E-state index in [0.717, 1.165) is 16.7 Å². The van der Waals surface area contributed by atoms with E-state index >= 15 is 0 Å². The number of hydrogen-bond acceptors (Lipinski definition) is 11. The minimum atomic E-state index is -2.28. The van der Waals surface area contributed by atoms with Crippen LogP contribution < -0.4 is 38.3 Å². The van der Waals surface area contributed by atoms with Crippen molar-refractivity contribution >= 4 is 41.5 Å². The van der Waals surface area contributed by atoms with Gasteiger partial charge in [-0.25, -0.2) is 5.43 Å². The number of esters is 1. The maximum absolute atomic E-state index is 13.8. The summed E-state index contributed by atoms with van der Waals surface area (Å²) in [5, 5.41) is 16.2. The highest BCUT2D eigenvalue weighted by Crippen LogP contribution is 2.36. The Morgan fingerprint density at radius 1 is 0.776 bits per heavy atom. The zero-order valence-electron chi connectivity index (χ0n) is 32.6. The molecular weight excluding hydrogens is 750 g/mol. The lowest BCUT2D eigenvalue weighted by Gasteiger charge is -2.37. The predicted molar refractivity (Wildman–Crippen MR) is 212 cm³/mol. The van der Waals surface area contributed by atoms with E-state index in [1.807, 2.05) is 91.0 Å². The zero-order valence-corrected chi connectivity index (χ0v) is 32.6. The van der Waals surface area contributed by atoms with Crippen LogP contribution in [0.4, 0.5) is 0 Å². The zero-order chi connectivity index (χ0) is 42.9. The topological polar surface area (TPSA) is 270 Å². The molecule has 17 heteroatoms. The molecule has 17 nitrogen and oxygen atoms in total. The minimum absolute atomic E-state index is 0.268. The molecule has 0 saturated carbocycles. The first kappa shape index (κ1) is 46.0. The molecule has 0 bridgehead atoms. The van der Waals surface area contributed by atoms with Gasteiger partial charge in [0, 0.05) is 12.8 Å². The molecule has 3 aromatic rings. The van der Waals surface area contributed by atoms with Crippen molar-refractivity contribution in [1.29, 1.82) is 0 Å². The van der Waals surface area contributed by atoms with E-state index in [4.69, 9.17) is 20.9 Å². The number of hydrazine groups is 1. The quantitative estimate of drug-likeness (QED) is 0.0233. The van der Waals surface area contributed by atoms with E-state index in [1.54, 1.807) is 20.8 Å². The van der Waals surface area contributed by atoms with Crippen LogP contribution in [0.5, 0.6) is 0 Å². The monoisotopic (exact) mass is 801 g/mol. The number of ether oxygens (including phenoxy) is 2. The maximum Gasteiger partial charge on any atom is 0.308 e. The number of primary amides is 1. The first-order valence-corrected chi connectivity index (χ1v) is 18.3. The molecule has 10 N–H and O–H groups in total. The van der Waals surface area contributed by atoms with Gasteiger partial charge in [0.05, 0.1) is 26.0 Å². The van der Waals surface area contributed by atoms with Crippen LogP contribution in [0.2, 0.25) is 0 Å². The number of amides is 5. The molecule has 58 heavy (non-hydrogen) atoms. The van der Waals surface area contributed by atoms with E-state index in [-0.39, 0.29) is 6.61 Å². The third-order valence-corrected chi connectivity index (χ3v) is 8.47. The van der Waals surface area contributed by atoms with Crippen LogP contribution in [0.25, 0.3) is 0 Å². The summed E-state index contributed by atoms with van der Waals surface area (Å²) in [5.74, 6) is -7.08. The fourth-order valence-corrected chi connectivity index (χ4v) is 5.73. The molecule has 0 spiro atoms. The van der Waals surface area contributed by atoms with Gasteiger partial charge in [-0.15, -0.1) is 6.58 Å². The molecule has 5 amide bonds. The van der Waals surface area contributed by atoms with Crippen molar-refractivity contribution in [2.24, 2.45) is 11.5 Å². The maximum atomic E-state index is 13.8. The Balaban J connectivity index is 1.91. The Kier molecular flexibility index (Phi) is 16.8. The van der Waals surface area contributed by atoms with E-state index in [2.05, 4.69) is 33.4 Å². The summed E-state index contributed by atoms with van der Waals surface area (Å²) in [7, 11) is 0. The van der Waals surface area contributed by atoms with Gasteiger partial charge >= 0.3 is 11.9 Å². The summed E-state index contributed by atoms with van der Waals surface area (Å²) in [6.45, 7) is 7.29. The molecule has 0 aromatic heterocycles. The average molecular weight is 802 g/mol. The lowest BCUT2D eigenvalue weighted by molar-refractivity contribution is -0.156. The van der Waals surface area contributed by atoms with Crippen LogP contribution in [0.3, 0.4) is 0 Å². The van der Waals surface area contributed by atoms with E-state index in [1.165, 1.54) is 6.08 Å². The lowest BCUT2D eigenvalue weighted by Crippen LogP contribution is -2.62. The third-order valence-electron chi connectivity index (χ3n) is 8.47. The van der Waals surface area contributed by atoms with E-state index in [0.29, 0.717) is 0 Å². The second-order valence-corrected chi connectivity index (χ2v) is 14.2. The highest BCUT2D eigenvalue weighted by Gasteiger charge is 2.40. The summed E-state index contributed by atoms with van der Waals surface area (Å²) >= 11 is 0. The largest absolute Gasteiger partial charge is 0.481 e. The number of aliphatic carboxylic acids is 1. The van der Waals surface area contributed by atoms with Crippen LogP contribution in [0, 0.1) is 0 Å². The molecule has 0 aliphatic carbocycles. The minimum Gasteiger partial charge on any atom is -0.481 e. The Morgan fingerprint density at radius 2 is 1.29 bits per heavy atom. The number of nitrogens with two attached hydrogens (primary N) is 2. The molecule has 0 heterocycles. The van der Waals surface area contributed by atoms with Gasteiger partial charge in [-0.1, -0.05) is 97.1 Å². The van der Waals surface area contributed by atoms with Gasteiger partial charge in [0.15, 0.2) is 5.72 Å². The van der Waals surface area contributed by atoms with Crippen molar-refractivity contribution in [3.8, 4) is 0 Å². The fourth-order valence-electron chi connectivity index (χ4n) is 5.73. The van der Waals surface area contributed by atoms with Crippen molar-refractivity contribution < 1.29 is 48.1 Å². The molecule has 0 unspecified atom stereocenters. The molecule has 0 aliphatic heterocycles. The molecule has 0 radical (unpaired) electrons. The van der Waals surface area contributed by atoms with Crippen molar-refractivity contribution in [2.75, 3.05) is 13.2 Å². The SMILES string of the molecule is C=CCO[C@](N)(CCC(=O)O)C(=O)N[C@H](CC(=O)NNC(c1ccccc1)(c1ccccc1)c1ccccc1)C(=O)NCC(=O)N[C@@H](CC(=O)OC(C)(C)C)C(N)=O. The van der Waals surface area contributed by atoms with Gasteiger partial charge < -0.3 is 36.3 Å². The summed E-state index contributed by atoms with van der Waals surface area (Å²) in [4.78, 5) is 89.8. The molecule has 3 rings (SSSR count). The van der Waals surface area contributed by atoms with Gasteiger partial charge in [-0.2, -0.15) is 0 Å². The summed E-state index contributed by atoms with van der Waals surface area (Å²) in [5.41, 5.74) is 15.3. The fraction of sp³-hybridized carbons (Fsp3) is 0.341. The smallest absolute Gasteiger partial charge is 0.308 e. The highest BCUT2D eigenvalue weighted by atomic mass is 16.6. The molecule has 3 atom stereocenters. The number of rotatable bonds is 22. The molecule has 0 aliphatic rings. The average Bonchev–Trinajstić information content (AvgIpc) is 3.18. The van der Waals surface area contributed by atoms with Gasteiger partial charge in [-0.05, 0) is 37.5 Å². The normalized spacial score (nSPS) is 13.4. The molecular formula is C41H51N7O10. The van der Waals surface area contributed by atoms with Crippen molar-refractivity contribution in [2.45, 2.75) is 75.4 Å². The second-order valence-electron chi connectivity index (χ2n) is 14.2. The van der Waals surface area contributed by atoms with Crippen molar-refractivity contribution in [1.82, 2.24) is 26.8 Å². The Labute approximate surface area is 336 Å². The third kappa shape index (κ3) is 13.6. The first-order chi connectivity index (χ1) is 27.4. The molecule has 3 aromatic carbocycles. The van der Waals surface area contributed by atoms with Crippen LogP contribution >= 0.6 is 0 Å². The van der Waals surface area contributed by atoms with Crippen molar-refractivity contribution in [3.05, 3.63) is 120 Å². The number of nitrogens with one attached hydrogen (secondary N) is 5. The van der Waals surface area contributed by atoms with Crippen LogP contribution in [-0.2, 0) is 48.6 Å². The number of carboxylic acids is 1. The Hall–Kier alpha value is -6.43. The van der Waals surface area contributed by atoms with Crippen molar-refractivity contribution in [3.63, 3.8) is 0 Å². The summed E-state index contributed by atoms with van der Waals surface area (Å²) in [6, 6.07) is 24.6. The molecule has 0 fully saturated rings. The van der Waals surface area contributed by atoms with Crippen LogP contribution in [0.1, 0.15) is 63.1 Å². The number of carboxylic acid groups (broad SMARTS) is 1. The predicted octanol–water partition coefficient (Wildman–Crippen LogP) is 1.01. The van der Waals surface area contributed by atoms with Crippen LogP contribution in [0.15, 0.2) is 104 Å². The number of hydrogen-bond donors (Lipinski definition) is 8. The molecule has 0 saturated heterocycles. The van der Waals surface area contributed by atoms with Gasteiger partial charge in [0.2, 0.25) is 23.6 Å². The van der Waals surface area contributed by atoms with Gasteiger partial charge in [0.1, 0.15) is 23.2 Å². The Bertz CT molecular complexity index is 1810. The van der Waals surface area contributed by atoms with Gasteiger partial charge in [-0.3, -0.25) is 44.7 Å². The number of carbonyl (C=O) groups is 7. The van der Waals surface area contributed by atoms with E-state index < -0.39 is 103 Å². The summed E-state index contributed by atoms with van der Waals surface area (Å²) < 4.78 is 10.6. The number of carbonyl (C=O) groups excluding carboxylic acids is 6. The lowest BCUT2D eigenvalue weighted by atomic mass is 9.77. The standard InChI is InChI=1S/C41H51N7O10/c1-5-23-57-40(43,22-21-34(51)52)38(56)46-31(37(55)44-26-33(50)45-30(36(42)54)25-35(53)58-39(2,3)4)24-32(49)47-48-41(27-15-9-6-10-16-27,28-17-11-7-12-18-28)29-19-13-8-14-20-29/h5-20,30-31,48H,1,21-26,43H2,2-4H3,(H2,42,54)(H,44,55)(H,45,50)(H,46,56)(H,47,49)(H,51,52)/t30-,31+,40+/m0/s1. The summed E-state index contributed by atoms with van der Waals surface area (Å²) in [6.07, 6.45) is -1.16. The van der Waals surface area contributed by atoms with Gasteiger partial charge in [0.25, 0.3) is 5.91 Å². The first-order valence-electron chi connectivity index (χ1n) is 18.3. The Morgan fingerprint density at radius 3 is 1.74 bits per heavy atom. The highest BCUT2D eigenvalue weighted by molar-refractivity contribution is 5.96. The van der Waals surface area contributed by atoms with E-state index in [9.17, 15) is 38.7 Å². The van der Waals surface area contributed by atoms with Crippen LogP contribution in [-0.4, -0.2) is 83.1 Å².